The van der Waals surface area contributed by atoms with Gasteiger partial charge in [0, 0.05) is 29.2 Å². The fraction of sp³-hybridized carbons (Fsp3) is 0.571. The highest BCUT2D eigenvalue weighted by atomic mass is 32.1. The molecule has 0 atom stereocenters. The Kier molecular flexibility index (Phi) is 4.37. The first-order chi connectivity index (χ1) is 8.97. The normalized spacial score (nSPS) is 11.5. The zero-order valence-electron chi connectivity index (χ0n) is 12.3. The van der Waals surface area contributed by atoms with Crippen molar-refractivity contribution in [2.75, 3.05) is 0 Å². The molecule has 2 aromatic heterocycles. The lowest BCUT2D eigenvalue weighted by Crippen LogP contribution is -2.22. The molecule has 0 radical (unpaired) electrons. The predicted octanol–water partition coefficient (Wildman–Crippen LogP) is 2.81. The predicted molar refractivity (Wildman–Crippen MR) is 79.6 cm³/mol. The summed E-state index contributed by atoms with van der Waals surface area (Å²) in [6.45, 7) is 12.2. The van der Waals surface area contributed by atoms with E-state index >= 15 is 0 Å². The molecule has 0 saturated heterocycles. The summed E-state index contributed by atoms with van der Waals surface area (Å²) in [5, 5.41) is 11.3. The van der Waals surface area contributed by atoms with Crippen molar-refractivity contribution in [3.63, 3.8) is 0 Å². The van der Waals surface area contributed by atoms with Gasteiger partial charge in [-0.3, -0.25) is 4.68 Å². The largest absolute Gasteiger partial charge is 0.310 e. The molecule has 19 heavy (non-hydrogen) atoms. The second kappa shape index (κ2) is 5.84. The Balaban J connectivity index is 2.16. The Morgan fingerprint density at radius 1 is 1.32 bits per heavy atom. The van der Waals surface area contributed by atoms with Crippen molar-refractivity contribution >= 4 is 11.3 Å². The molecule has 0 saturated carbocycles. The molecule has 2 rings (SSSR count). The molecule has 2 aromatic rings. The van der Waals surface area contributed by atoms with Crippen molar-refractivity contribution in [2.45, 2.75) is 53.8 Å². The number of aromatic nitrogens is 3. The van der Waals surface area contributed by atoms with E-state index in [1.807, 2.05) is 6.92 Å². The van der Waals surface area contributed by atoms with Gasteiger partial charge in [-0.1, -0.05) is 13.8 Å². The number of hydrogen-bond acceptors (Lipinski definition) is 4. The van der Waals surface area contributed by atoms with Crippen LogP contribution in [0.1, 0.15) is 41.5 Å². The zero-order chi connectivity index (χ0) is 14.0. The number of hydrogen-bond donors (Lipinski definition) is 1. The van der Waals surface area contributed by atoms with Crippen molar-refractivity contribution in [1.29, 1.82) is 0 Å². The minimum atomic E-state index is 0.489. The van der Waals surface area contributed by atoms with Gasteiger partial charge in [0.2, 0.25) is 0 Å². The second-order valence-corrected chi connectivity index (χ2v) is 6.26. The van der Waals surface area contributed by atoms with Gasteiger partial charge in [0.25, 0.3) is 0 Å². The number of aryl methyl sites for hydroxylation is 2. The molecule has 0 spiro atoms. The van der Waals surface area contributed by atoms with Crippen LogP contribution in [-0.2, 0) is 13.1 Å². The van der Waals surface area contributed by atoms with E-state index < -0.39 is 0 Å². The fourth-order valence-corrected chi connectivity index (χ4v) is 2.69. The summed E-state index contributed by atoms with van der Waals surface area (Å²) in [7, 11) is 0. The highest BCUT2D eigenvalue weighted by Gasteiger charge is 2.12. The lowest BCUT2D eigenvalue weighted by atomic mass is 10.2. The van der Waals surface area contributed by atoms with Crippen LogP contribution in [0.2, 0.25) is 0 Å². The molecule has 0 aliphatic rings. The molecule has 0 aliphatic carbocycles. The summed E-state index contributed by atoms with van der Waals surface area (Å²) >= 11 is 1.69. The van der Waals surface area contributed by atoms with Crippen LogP contribution < -0.4 is 5.32 Å². The van der Waals surface area contributed by atoms with Gasteiger partial charge in [0.15, 0.2) is 0 Å². The maximum Gasteiger partial charge on any atom is 0.0898 e. The summed E-state index contributed by atoms with van der Waals surface area (Å²) in [6, 6.07) is 0.489. The van der Waals surface area contributed by atoms with Gasteiger partial charge in [-0.05, 0) is 20.8 Å². The van der Waals surface area contributed by atoms with E-state index in [1.165, 1.54) is 11.3 Å². The molecule has 0 bridgehead atoms. The molecular formula is C14H22N4S. The van der Waals surface area contributed by atoms with E-state index in [4.69, 9.17) is 0 Å². The molecule has 104 valence electrons. The van der Waals surface area contributed by atoms with Crippen LogP contribution in [0.5, 0.6) is 0 Å². The maximum atomic E-state index is 4.63. The van der Waals surface area contributed by atoms with Gasteiger partial charge in [0.05, 0.1) is 22.9 Å². The molecule has 0 aliphatic heterocycles. The SMILES string of the molecule is Cc1nc(Cn2nc(C)c(CNC(C)C)c2C)cs1. The van der Waals surface area contributed by atoms with Crippen LogP contribution in [0.3, 0.4) is 0 Å². The van der Waals surface area contributed by atoms with Crippen molar-refractivity contribution in [3.05, 3.63) is 33.0 Å². The van der Waals surface area contributed by atoms with Crippen LogP contribution in [0.25, 0.3) is 0 Å². The van der Waals surface area contributed by atoms with E-state index in [-0.39, 0.29) is 0 Å². The monoisotopic (exact) mass is 278 g/mol. The van der Waals surface area contributed by atoms with Gasteiger partial charge in [-0.2, -0.15) is 5.10 Å². The van der Waals surface area contributed by atoms with Crippen molar-refractivity contribution < 1.29 is 0 Å². The topological polar surface area (TPSA) is 42.7 Å². The maximum absolute atomic E-state index is 4.63. The first-order valence-electron chi connectivity index (χ1n) is 6.64. The Morgan fingerprint density at radius 3 is 2.63 bits per heavy atom. The molecule has 1 N–H and O–H groups in total. The van der Waals surface area contributed by atoms with Crippen LogP contribution in [-0.4, -0.2) is 20.8 Å². The zero-order valence-corrected chi connectivity index (χ0v) is 13.1. The highest BCUT2D eigenvalue weighted by molar-refractivity contribution is 7.09. The molecule has 0 unspecified atom stereocenters. The average Bonchev–Trinajstić information content (AvgIpc) is 2.83. The van der Waals surface area contributed by atoms with Crippen molar-refractivity contribution in [3.8, 4) is 0 Å². The Hall–Kier alpha value is -1.20. The Labute approximate surface area is 118 Å². The summed E-state index contributed by atoms with van der Waals surface area (Å²) in [5.74, 6) is 0. The quantitative estimate of drug-likeness (QED) is 0.914. The molecule has 5 heteroatoms. The first kappa shape index (κ1) is 14.2. The summed E-state index contributed by atoms with van der Waals surface area (Å²) < 4.78 is 2.06. The molecular weight excluding hydrogens is 256 g/mol. The Morgan fingerprint density at radius 2 is 2.05 bits per heavy atom. The van der Waals surface area contributed by atoms with E-state index in [2.05, 4.69) is 53.2 Å². The number of thiazole rings is 1. The molecule has 2 heterocycles. The van der Waals surface area contributed by atoms with Crippen LogP contribution in [0.15, 0.2) is 5.38 Å². The molecule has 0 amide bonds. The third-order valence-electron chi connectivity index (χ3n) is 3.20. The minimum Gasteiger partial charge on any atom is -0.310 e. The third kappa shape index (κ3) is 3.42. The van der Waals surface area contributed by atoms with Gasteiger partial charge >= 0.3 is 0 Å². The summed E-state index contributed by atoms with van der Waals surface area (Å²) in [6.07, 6.45) is 0. The lowest BCUT2D eigenvalue weighted by Gasteiger charge is -2.08. The average molecular weight is 278 g/mol. The van der Waals surface area contributed by atoms with Crippen LogP contribution >= 0.6 is 11.3 Å². The van der Waals surface area contributed by atoms with Crippen molar-refractivity contribution in [2.24, 2.45) is 0 Å². The third-order valence-corrected chi connectivity index (χ3v) is 4.02. The number of nitrogens with zero attached hydrogens (tertiary/aromatic N) is 3. The number of nitrogens with one attached hydrogen (secondary N) is 1. The lowest BCUT2D eigenvalue weighted by molar-refractivity contribution is 0.584. The van der Waals surface area contributed by atoms with Gasteiger partial charge in [0.1, 0.15) is 0 Å². The number of rotatable bonds is 5. The van der Waals surface area contributed by atoms with E-state index in [9.17, 15) is 0 Å². The fourth-order valence-electron chi connectivity index (χ4n) is 2.08. The van der Waals surface area contributed by atoms with Crippen LogP contribution in [0.4, 0.5) is 0 Å². The van der Waals surface area contributed by atoms with Gasteiger partial charge < -0.3 is 5.32 Å². The van der Waals surface area contributed by atoms with Crippen molar-refractivity contribution in [1.82, 2.24) is 20.1 Å². The first-order valence-corrected chi connectivity index (χ1v) is 7.52. The Bertz CT molecular complexity index is 554. The second-order valence-electron chi connectivity index (χ2n) is 5.20. The minimum absolute atomic E-state index is 0.489. The molecule has 0 fully saturated rings. The smallest absolute Gasteiger partial charge is 0.0898 e. The standard InChI is InChI=1S/C14H22N4S/c1-9(2)15-6-14-10(3)17-18(11(14)4)7-13-8-19-12(5)16-13/h8-9,15H,6-7H2,1-5H3. The molecule has 0 aromatic carbocycles. The van der Waals surface area contributed by atoms with E-state index in [1.54, 1.807) is 11.3 Å². The van der Waals surface area contributed by atoms with E-state index in [0.717, 1.165) is 29.5 Å². The van der Waals surface area contributed by atoms with Crippen LogP contribution in [0, 0.1) is 20.8 Å². The van der Waals surface area contributed by atoms with E-state index in [0.29, 0.717) is 6.04 Å². The summed E-state index contributed by atoms with van der Waals surface area (Å²) in [4.78, 5) is 4.50. The van der Waals surface area contributed by atoms with Gasteiger partial charge in [-0.25, -0.2) is 4.98 Å². The summed E-state index contributed by atoms with van der Waals surface area (Å²) in [5.41, 5.74) is 4.74. The molecule has 4 nitrogen and oxygen atoms in total. The highest BCUT2D eigenvalue weighted by Crippen LogP contribution is 2.16. The van der Waals surface area contributed by atoms with Gasteiger partial charge in [-0.15, -0.1) is 11.3 Å².